The Labute approximate surface area is 197 Å². The maximum atomic E-state index is 12.9. The van der Waals surface area contributed by atoms with Gasteiger partial charge in [0.05, 0.1) is 0 Å². The van der Waals surface area contributed by atoms with Gasteiger partial charge in [0.1, 0.15) is 0 Å². The molecule has 0 aliphatic heterocycles. The number of alkyl halides is 3. The van der Waals surface area contributed by atoms with Crippen molar-refractivity contribution in [3.8, 4) is 0 Å². The molecule has 0 fully saturated rings. The summed E-state index contributed by atoms with van der Waals surface area (Å²) in [5.74, 6) is -3.06. The number of halogens is 3. The molecule has 10 nitrogen and oxygen atoms in total. The Kier molecular flexibility index (Phi) is 7.37. The molecule has 2 heterocycles. The number of aromatic nitrogens is 4. The number of urea groups is 1. The molecule has 0 spiro atoms. The maximum Gasteiger partial charge on any atom is 0.453 e. The highest BCUT2D eigenvalue weighted by Gasteiger charge is 2.37. The molecular weight excluding hydrogens is 469 g/mol. The van der Waals surface area contributed by atoms with Crippen LogP contribution in [0.4, 0.5) is 23.7 Å². The van der Waals surface area contributed by atoms with E-state index in [4.69, 9.17) is 4.74 Å². The third-order valence-corrected chi connectivity index (χ3v) is 5.35. The third kappa shape index (κ3) is 6.11. The normalized spacial score (nSPS) is 11.4. The van der Waals surface area contributed by atoms with Crippen molar-refractivity contribution in [1.29, 1.82) is 0 Å². The summed E-state index contributed by atoms with van der Waals surface area (Å²) in [6.07, 6.45) is -4.79. The lowest BCUT2D eigenvalue weighted by atomic mass is 10.1. The number of aryl methyl sites for hydroxylation is 3. The highest BCUT2D eigenvalue weighted by molar-refractivity contribution is 6.02. The molecule has 0 radical (unpaired) electrons. The lowest BCUT2D eigenvalue weighted by molar-refractivity contribution is -0.148. The number of amides is 3. The van der Waals surface area contributed by atoms with E-state index in [-0.39, 0.29) is 18.6 Å². The van der Waals surface area contributed by atoms with E-state index in [9.17, 15) is 27.6 Å². The number of carbonyl (C=O) groups excluding carboxylic acids is 3. The van der Waals surface area contributed by atoms with Crippen LogP contribution in [-0.4, -0.2) is 44.1 Å². The zero-order valence-corrected chi connectivity index (χ0v) is 19.4. The molecule has 0 saturated carbocycles. The number of nitrogens with zero attached hydrogens (tertiary/aromatic N) is 4. The van der Waals surface area contributed by atoms with Crippen LogP contribution in [-0.2, 0) is 26.9 Å². The molecule has 2 N–H and O–H groups in total. The number of fused-ring (bicyclic) bond motifs is 1. The molecule has 0 aliphatic rings. The average Bonchev–Trinajstić information content (AvgIpc) is 3.20. The van der Waals surface area contributed by atoms with Crippen molar-refractivity contribution >= 4 is 29.4 Å². The Balaban J connectivity index is 1.53. The molecular formula is C22H23F3N6O4. The van der Waals surface area contributed by atoms with Gasteiger partial charge in [0, 0.05) is 23.5 Å². The molecule has 0 aliphatic carbocycles. The topological polar surface area (TPSA) is 128 Å². The summed E-state index contributed by atoms with van der Waals surface area (Å²) < 4.78 is 44.6. The van der Waals surface area contributed by atoms with Crippen molar-refractivity contribution in [1.82, 2.24) is 24.9 Å². The SMILES string of the molecule is Cc1cccc(NC(=O)NC(=O)COC(=O)CCc2c(C)nc3nc(C(F)(F)F)nn3c2C)c1C. The van der Waals surface area contributed by atoms with E-state index in [2.05, 4.69) is 25.7 Å². The molecule has 13 heteroatoms. The summed E-state index contributed by atoms with van der Waals surface area (Å²) in [6, 6.07) is 4.56. The van der Waals surface area contributed by atoms with Crippen LogP contribution in [0.2, 0.25) is 0 Å². The van der Waals surface area contributed by atoms with Gasteiger partial charge in [-0.15, -0.1) is 5.10 Å². The number of rotatable bonds is 6. The summed E-state index contributed by atoms with van der Waals surface area (Å²) in [4.78, 5) is 43.5. The van der Waals surface area contributed by atoms with Crippen LogP contribution in [0.3, 0.4) is 0 Å². The van der Waals surface area contributed by atoms with Gasteiger partial charge in [-0.05, 0) is 56.9 Å². The Hall–Kier alpha value is -4.03. The van der Waals surface area contributed by atoms with Gasteiger partial charge in [-0.25, -0.2) is 14.3 Å². The van der Waals surface area contributed by atoms with E-state index in [1.165, 1.54) is 0 Å². The Morgan fingerprint density at radius 1 is 1.09 bits per heavy atom. The molecule has 3 aromatic rings. The molecule has 35 heavy (non-hydrogen) atoms. The summed E-state index contributed by atoms with van der Waals surface area (Å²) >= 11 is 0. The van der Waals surface area contributed by atoms with Crippen molar-refractivity contribution in [3.05, 3.63) is 52.1 Å². The number of anilines is 1. The smallest absolute Gasteiger partial charge is 0.453 e. The second-order valence-corrected chi connectivity index (χ2v) is 7.82. The first kappa shape index (κ1) is 25.6. The van der Waals surface area contributed by atoms with E-state index in [0.29, 0.717) is 22.6 Å². The molecule has 2 aromatic heterocycles. The van der Waals surface area contributed by atoms with Crippen LogP contribution < -0.4 is 10.6 Å². The Morgan fingerprint density at radius 3 is 2.49 bits per heavy atom. The fraction of sp³-hybridized carbons (Fsp3) is 0.364. The van der Waals surface area contributed by atoms with Gasteiger partial charge in [-0.2, -0.15) is 18.2 Å². The minimum absolute atomic E-state index is 0.0927. The van der Waals surface area contributed by atoms with Crippen molar-refractivity contribution in [2.45, 2.75) is 46.7 Å². The third-order valence-electron chi connectivity index (χ3n) is 5.35. The molecule has 0 unspecified atom stereocenters. The lowest BCUT2D eigenvalue weighted by Crippen LogP contribution is -2.37. The first-order valence-corrected chi connectivity index (χ1v) is 10.5. The van der Waals surface area contributed by atoms with Crippen molar-refractivity contribution in [2.24, 2.45) is 0 Å². The molecule has 1 aromatic carbocycles. The quantitative estimate of drug-likeness (QED) is 0.506. The number of carbonyl (C=O) groups is 3. The highest BCUT2D eigenvalue weighted by atomic mass is 19.4. The largest absolute Gasteiger partial charge is 0.456 e. The molecule has 0 saturated heterocycles. The van der Waals surface area contributed by atoms with E-state index in [0.717, 1.165) is 15.6 Å². The summed E-state index contributed by atoms with van der Waals surface area (Å²) in [5, 5.41) is 8.07. The van der Waals surface area contributed by atoms with Gasteiger partial charge in [0.2, 0.25) is 0 Å². The lowest BCUT2D eigenvalue weighted by Gasteiger charge is -2.11. The molecule has 186 valence electrons. The van der Waals surface area contributed by atoms with Gasteiger partial charge in [0.25, 0.3) is 17.5 Å². The van der Waals surface area contributed by atoms with Crippen LogP contribution in [0.5, 0.6) is 0 Å². The number of hydrogen-bond acceptors (Lipinski definition) is 7. The van der Waals surface area contributed by atoms with E-state index >= 15 is 0 Å². The van der Waals surface area contributed by atoms with Crippen LogP contribution in [0, 0.1) is 27.7 Å². The average molecular weight is 492 g/mol. The molecule has 0 atom stereocenters. The number of imide groups is 1. The van der Waals surface area contributed by atoms with Crippen LogP contribution >= 0.6 is 0 Å². The summed E-state index contributed by atoms with van der Waals surface area (Å²) in [5.41, 5.74) is 3.60. The van der Waals surface area contributed by atoms with E-state index in [1.807, 2.05) is 19.9 Å². The zero-order chi connectivity index (χ0) is 25.9. The van der Waals surface area contributed by atoms with Crippen LogP contribution in [0.1, 0.15) is 40.3 Å². The number of esters is 1. The molecule has 3 rings (SSSR count). The molecule has 0 bridgehead atoms. The predicted octanol–water partition coefficient (Wildman–Crippen LogP) is 3.20. The van der Waals surface area contributed by atoms with Crippen LogP contribution in [0.15, 0.2) is 18.2 Å². The predicted molar refractivity (Wildman–Crippen MR) is 118 cm³/mol. The van der Waals surface area contributed by atoms with Gasteiger partial charge in [0.15, 0.2) is 6.61 Å². The minimum Gasteiger partial charge on any atom is -0.456 e. The second kappa shape index (κ2) is 10.1. The van der Waals surface area contributed by atoms with Gasteiger partial charge in [-0.1, -0.05) is 12.1 Å². The van der Waals surface area contributed by atoms with Crippen molar-refractivity contribution < 1.29 is 32.3 Å². The fourth-order valence-corrected chi connectivity index (χ4v) is 3.34. The summed E-state index contributed by atoms with van der Waals surface area (Å²) in [7, 11) is 0. The standard InChI is InChI=1S/C22H23F3N6O4/c1-11-6-5-7-16(12(11)2)27-21(34)28-17(32)10-35-18(33)9-8-15-13(3)26-20-29-19(22(23,24)25)30-31(20)14(15)4/h5-7H,8-10H2,1-4H3,(H2,27,28,32,34). The first-order chi connectivity index (χ1) is 16.4. The zero-order valence-electron chi connectivity index (χ0n) is 19.4. The first-order valence-electron chi connectivity index (χ1n) is 10.5. The van der Waals surface area contributed by atoms with Gasteiger partial charge >= 0.3 is 18.2 Å². The number of benzene rings is 1. The van der Waals surface area contributed by atoms with E-state index < -0.39 is 36.5 Å². The number of nitrogens with one attached hydrogen (secondary N) is 2. The number of ether oxygens (including phenoxy) is 1. The highest BCUT2D eigenvalue weighted by Crippen LogP contribution is 2.27. The van der Waals surface area contributed by atoms with Gasteiger partial charge in [-0.3, -0.25) is 14.9 Å². The van der Waals surface area contributed by atoms with Gasteiger partial charge < -0.3 is 10.1 Å². The van der Waals surface area contributed by atoms with Crippen molar-refractivity contribution in [2.75, 3.05) is 11.9 Å². The van der Waals surface area contributed by atoms with E-state index in [1.54, 1.807) is 26.0 Å². The fourth-order valence-electron chi connectivity index (χ4n) is 3.34. The Morgan fingerprint density at radius 2 is 1.80 bits per heavy atom. The van der Waals surface area contributed by atoms with Crippen molar-refractivity contribution in [3.63, 3.8) is 0 Å². The Bertz CT molecular complexity index is 1300. The minimum atomic E-state index is -4.71. The van der Waals surface area contributed by atoms with Crippen LogP contribution in [0.25, 0.3) is 5.78 Å². The number of hydrogen-bond donors (Lipinski definition) is 2. The second-order valence-electron chi connectivity index (χ2n) is 7.82. The maximum absolute atomic E-state index is 12.9. The summed E-state index contributed by atoms with van der Waals surface area (Å²) in [6.45, 7) is 6.15. The monoisotopic (exact) mass is 492 g/mol. The molecule has 3 amide bonds.